The normalized spacial score (nSPS) is 20.9. The molecule has 0 atom stereocenters. The Kier molecular flexibility index (Phi) is 6.20. The van der Waals surface area contributed by atoms with Crippen LogP contribution in [0.3, 0.4) is 0 Å². The van der Waals surface area contributed by atoms with Gasteiger partial charge in [-0.1, -0.05) is 13.3 Å². The van der Waals surface area contributed by atoms with E-state index in [1.165, 1.54) is 6.20 Å². The average Bonchev–Trinajstić information content (AvgIpc) is 2.55. The molecule has 1 heterocycles. The number of rotatable bonds is 6. The van der Waals surface area contributed by atoms with Crippen molar-refractivity contribution in [1.29, 1.82) is 5.26 Å². The molecule has 0 saturated heterocycles. The molecule has 22 heavy (non-hydrogen) atoms. The van der Waals surface area contributed by atoms with Crippen molar-refractivity contribution < 1.29 is 9.53 Å². The lowest BCUT2D eigenvalue weighted by Gasteiger charge is -2.29. The Morgan fingerprint density at radius 1 is 1.41 bits per heavy atom. The minimum Gasteiger partial charge on any atom is -0.474 e. The van der Waals surface area contributed by atoms with Gasteiger partial charge in [0.05, 0.1) is 5.56 Å². The molecule has 0 unspecified atom stereocenters. The molecule has 1 aliphatic carbocycles. The van der Waals surface area contributed by atoms with Crippen molar-refractivity contribution in [2.45, 2.75) is 64.0 Å². The highest BCUT2D eigenvalue weighted by Gasteiger charge is 2.23. The van der Waals surface area contributed by atoms with Gasteiger partial charge in [-0.3, -0.25) is 4.79 Å². The quantitative estimate of drug-likeness (QED) is 0.876. The fraction of sp³-hybridized carbons (Fsp3) is 0.588. The van der Waals surface area contributed by atoms with Gasteiger partial charge in [-0.15, -0.1) is 0 Å². The Bertz CT molecular complexity index is 514. The number of nitrogens with one attached hydrogen (secondary N) is 1. The molecule has 1 aliphatic rings. The molecule has 1 saturated carbocycles. The molecule has 2 rings (SSSR count). The molecule has 118 valence electrons. The lowest BCUT2D eigenvalue weighted by molar-refractivity contribution is -0.122. The fourth-order valence-electron chi connectivity index (χ4n) is 2.65. The van der Waals surface area contributed by atoms with E-state index < -0.39 is 0 Å². The first kappa shape index (κ1) is 16.3. The maximum Gasteiger partial charge on any atom is 0.220 e. The molecule has 0 aliphatic heterocycles. The van der Waals surface area contributed by atoms with Crippen LogP contribution in [-0.2, 0) is 4.79 Å². The van der Waals surface area contributed by atoms with Gasteiger partial charge in [0.2, 0.25) is 11.8 Å². The summed E-state index contributed by atoms with van der Waals surface area (Å²) in [7, 11) is 0. The van der Waals surface area contributed by atoms with Gasteiger partial charge in [0, 0.05) is 24.7 Å². The first-order chi connectivity index (χ1) is 10.7. The predicted octanol–water partition coefficient (Wildman–Crippen LogP) is 2.95. The van der Waals surface area contributed by atoms with Gasteiger partial charge < -0.3 is 10.1 Å². The molecule has 0 spiro atoms. The monoisotopic (exact) mass is 301 g/mol. The highest BCUT2D eigenvalue weighted by molar-refractivity contribution is 5.76. The maximum absolute atomic E-state index is 11.7. The van der Waals surface area contributed by atoms with Crippen LogP contribution in [-0.4, -0.2) is 23.0 Å². The Morgan fingerprint density at radius 3 is 2.77 bits per heavy atom. The van der Waals surface area contributed by atoms with Gasteiger partial charge in [-0.25, -0.2) is 4.98 Å². The number of ether oxygens (including phenoxy) is 1. The zero-order valence-electron chi connectivity index (χ0n) is 13.0. The number of nitriles is 1. The Hall–Kier alpha value is -2.09. The number of carbonyl (C=O) groups excluding carboxylic acids is 1. The van der Waals surface area contributed by atoms with Crippen molar-refractivity contribution in [2.75, 3.05) is 0 Å². The standard InChI is InChI=1S/C17H23N3O2/c1-2-3-4-16(21)20-14-6-8-15(9-7-14)22-17-10-5-13(11-18)12-19-17/h5,10,12,14-15H,2-4,6-9H2,1H3,(H,20,21). The van der Waals surface area contributed by atoms with Crippen LogP contribution in [0, 0.1) is 11.3 Å². The third-order valence-corrected chi connectivity index (χ3v) is 3.95. The fourth-order valence-corrected chi connectivity index (χ4v) is 2.65. The van der Waals surface area contributed by atoms with Gasteiger partial charge in [0.1, 0.15) is 12.2 Å². The summed E-state index contributed by atoms with van der Waals surface area (Å²) < 4.78 is 5.84. The largest absolute Gasteiger partial charge is 0.474 e. The lowest BCUT2D eigenvalue weighted by atomic mass is 9.93. The second kappa shape index (κ2) is 8.38. The topological polar surface area (TPSA) is 75.0 Å². The van der Waals surface area contributed by atoms with Crippen LogP contribution in [0.2, 0.25) is 0 Å². The second-order valence-electron chi connectivity index (χ2n) is 5.76. The molecule has 5 heteroatoms. The number of hydrogen-bond acceptors (Lipinski definition) is 4. The summed E-state index contributed by atoms with van der Waals surface area (Å²) in [5.41, 5.74) is 0.533. The summed E-state index contributed by atoms with van der Waals surface area (Å²) in [4.78, 5) is 15.9. The van der Waals surface area contributed by atoms with Crippen LogP contribution < -0.4 is 10.1 Å². The first-order valence-corrected chi connectivity index (χ1v) is 8.03. The Morgan fingerprint density at radius 2 is 2.18 bits per heavy atom. The highest BCUT2D eigenvalue weighted by atomic mass is 16.5. The molecule has 0 aromatic carbocycles. The molecule has 1 N–H and O–H groups in total. The minimum atomic E-state index is 0.143. The van der Waals surface area contributed by atoms with Gasteiger partial charge in [-0.2, -0.15) is 5.26 Å². The van der Waals surface area contributed by atoms with Gasteiger partial charge in [0.25, 0.3) is 0 Å². The predicted molar refractivity (Wildman–Crippen MR) is 83.3 cm³/mol. The summed E-state index contributed by atoms with van der Waals surface area (Å²) >= 11 is 0. The van der Waals surface area contributed by atoms with E-state index in [-0.39, 0.29) is 18.1 Å². The summed E-state index contributed by atoms with van der Waals surface area (Å²) in [6, 6.07) is 5.76. The van der Waals surface area contributed by atoms with Crippen LogP contribution in [0.25, 0.3) is 0 Å². The molecule has 1 aromatic rings. The van der Waals surface area contributed by atoms with Gasteiger partial charge in [-0.05, 0) is 38.2 Å². The molecular weight excluding hydrogens is 278 g/mol. The number of pyridine rings is 1. The van der Waals surface area contributed by atoms with E-state index in [1.54, 1.807) is 12.1 Å². The van der Waals surface area contributed by atoms with E-state index in [2.05, 4.69) is 17.2 Å². The summed E-state index contributed by atoms with van der Waals surface area (Å²) in [5, 5.41) is 11.8. The minimum absolute atomic E-state index is 0.143. The third-order valence-electron chi connectivity index (χ3n) is 3.95. The number of amides is 1. The maximum atomic E-state index is 11.7. The van der Waals surface area contributed by atoms with Crippen LogP contribution in [0.15, 0.2) is 18.3 Å². The van der Waals surface area contributed by atoms with Crippen LogP contribution in [0.5, 0.6) is 5.88 Å². The highest BCUT2D eigenvalue weighted by Crippen LogP contribution is 2.23. The van der Waals surface area contributed by atoms with Crippen LogP contribution in [0.1, 0.15) is 57.4 Å². The number of unbranched alkanes of at least 4 members (excludes halogenated alkanes) is 1. The second-order valence-corrected chi connectivity index (χ2v) is 5.76. The summed E-state index contributed by atoms with van der Waals surface area (Å²) in [5.74, 6) is 0.731. The molecule has 1 fully saturated rings. The van der Waals surface area contributed by atoms with Crippen molar-refractivity contribution in [1.82, 2.24) is 10.3 Å². The number of aromatic nitrogens is 1. The molecule has 0 radical (unpaired) electrons. The number of carbonyl (C=O) groups is 1. The molecule has 1 amide bonds. The number of hydrogen-bond donors (Lipinski definition) is 1. The Balaban J connectivity index is 1.72. The van der Waals surface area contributed by atoms with E-state index in [9.17, 15) is 4.79 Å². The van der Waals surface area contributed by atoms with E-state index in [4.69, 9.17) is 10.00 Å². The third kappa shape index (κ3) is 5.03. The van der Waals surface area contributed by atoms with Crippen molar-refractivity contribution in [3.63, 3.8) is 0 Å². The smallest absolute Gasteiger partial charge is 0.220 e. The SMILES string of the molecule is CCCCC(=O)NC1CCC(Oc2ccc(C#N)cn2)CC1. The van der Waals surface area contributed by atoms with E-state index >= 15 is 0 Å². The first-order valence-electron chi connectivity index (χ1n) is 8.03. The Labute approximate surface area is 131 Å². The van der Waals surface area contributed by atoms with Gasteiger partial charge >= 0.3 is 0 Å². The molecular formula is C17H23N3O2. The number of nitrogens with zero attached hydrogens (tertiary/aromatic N) is 2. The van der Waals surface area contributed by atoms with Crippen molar-refractivity contribution >= 4 is 5.91 Å². The lowest BCUT2D eigenvalue weighted by Crippen LogP contribution is -2.39. The molecule has 5 nitrogen and oxygen atoms in total. The zero-order valence-corrected chi connectivity index (χ0v) is 13.0. The van der Waals surface area contributed by atoms with Crippen LogP contribution >= 0.6 is 0 Å². The van der Waals surface area contributed by atoms with E-state index in [1.807, 2.05) is 6.07 Å². The average molecular weight is 301 g/mol. The molecule has 1 aromatic heterocycles. The van der Waals surface area contributed by atoms with Crippen molar-refractivity contribution in [3.8, 4) is 11.9 Å². The van der Waals surface area contributed by atoms with E-state index in [0.29, 0.717) is 17.9 Å². The van der Waals surface area contributed by atoms with E-state index in [0.717, 1.165) is 38.5 Å². The molecule has 0 bridgehead atoms. The summed E-state index contributed by atoms with van der Waals surface area (Å²) in [6.07, 6.45) is 8.01. The van der Waals surface area contributed by atoms with Gasteiger partial charge in [0.15, 0.2) is 0 Å². The van der Waals surface area contributed by atoms with Crippen LogP contribution in [0.4, 0.5) is 0 Å². The summed E-state index contributed by atoms with van der Waals surface area (Å²) in [6.45, 7) is 2.09. The van der Waals surface area contributed by atoms with Crippen molar-refractivity contribution in [2.24, 2.45) is 0 Å². The van der Waals surface area contributed by atoms with Crippen molar-refractivity contribution in [3.05, 3.63) is 23.9 Å². The zero-order chi connectivity index (χ0) is 15.8.